The van der Waals surface area contributed by atoms with Crippen molar-refractivity contribution in [1.29, 1.82) is 0 Å². The van der Waals surface area contributed by atoms with Crippen LogP contribution in [0.2, 0.25) is 0 Å². The normalized spacial score (nSPS) is 13.4. The maximum atomic E-state index is 12.7. The van der Waals surface area contributed by atoms with Gasteiger partial charge in [-0.15, -0.1) is 0 Å². The molecule has 0 amide bonds. The summed E-state index contributed by atoms with van der Waals surface area (Å²) in [5.41, 5.74) is 0. The summed E-state index contributed by atoms with van der Waals surface area (Å²) in [6.07, 6.45) is 0. The fraction of sp³-hybridized carbons (Fsp3) is 0.714. The number of halogens is 6. The van der Waals surface area contributed by atoms with Gasteiger partial charge in [0.05, 0.1) is 6.61 Å². The molecule has 0 heterocycles. The third-order valence-electron chi connectivity index (χ3n) is 1.59. The second-order valence-corrected chi connectivity index (χ2v) is 2.75. The number of carbonyl (C=O) groups is 2. The van der Waals surface area contributed by atoms with Gasteiger partial charge in [0.25, 0.3) is 0 Å². The molecule has 0 rings (SSSR count). The summed E-state index contributed by atoms with van der Waals surface area (Å²) >= 11 is 0. The first-order valence-corrected chi connectivity index (χ1v) is 3.97. The van der Waals surface area contributed by atoms with Gasteiger partial charge in [-0.2, -0.15) is 26.3 Å². The van der Waals surface area contributed by atoms with E-state index in [0.717, 1.165) is 6.92 Å². The summed E-state index contributed by atoms with van der Waals surface area (Å²) < 4.78 is 78.8. The highest BCUT2D eigenvalue weighted by Gasteiger charge is 2.79. The lowest BCUT2D eigenvalue weighted by molar-refractivity contribution is -0.299. The Morgan fingerprint density at radius 2 is 1.47 bits per heavy atom. The smallest absolute Gasteiger partial charge is 0.411 e. The van der Waals surface area contributed by atoms with Crippen LogP contribution in [0, 0.1) is 0 Å². The molecule has 0 unspecified atom stereocenters. The van der Waals surface area contributed by atoms with Gasteiger partial charge < -0.3 is 9.84 Å². The van der Waals surface area contributed by atoms with Crippen LogP contribution in [0.1, 0.15) is 6.92 Å². The topological polar surface area (TPSA) is 63.6 Å². The Morgan fingerprint density at radius 1 is 1.06 bits per heavy atom. The maximum absolute atomic E-state index is 12.7. The van der Waals surface area contributed by atoms with E-state index in [1.807, 2.05) is 0 Å². The summed E-state index contributed by atoms with van der Waals surface area (Å²) in [4.78, 5) is 20.2. The van der Waals surface area contributed by atoms with E-state index < -0.39 is 36.3 Å². The lowest BCUT2D eigenvalue weighted by atomic mass is 10.0. The number of hydrogen-bond donors (Lipinski definition) is 1. The summed E-state index contributed by atoms with van der Waals surface area (Å²) in [7, 11) is 0. The third-order valence-corrected chi connectivity index (χ3v) is 1.59. The van der Waals surface area contributed by atoms with Crippen LogP contribution in [0.5, 0.6) is 0 Å². The molecule has 0 atom stereocenters. The van der Waals surface area contributed by atoms with Crippen LogP contribution < -0.4 is 0 Å². The van der Waals surface area contributed by atoms with Gasteiger partial charge in [0.1, 0.15) is 0 Å². The van der Waals surface area contributed by atoms with Gasteiger partial charge in [-0.05, 0) is 6.92 Å². The van der Waals surface area contributed by atoms with E-state index in [9.17, 15) is 35.9 Å². The number of hydrogen-bond acceptors (Lipinski definition) is 3. The molecule has 0 fully saturated rings. The van der Waals surface area contributed by atoms with Crippen LogP contribution >= 0.6 is 0 Å². The van der Waals surface area contributed by atoms with Gasteiger partial charge >= 0.3 is 29.7 Å². The summed E-state index contributed by atoms with van der Waals surface area (Å²) in [5.74, 6) is -24.9. The predicted molar refractivity (Wildman–Crippen MR) is 39.1 cm³/mol. The van der Waals surface area contributed by atoms with Gasteiger partial charge in [0.2, 0.25) is 0 Å². The summed E-state index contributed by atoms with van der Waals surface area (Å²) in [6, 6.07) is 0. The Morgan fingerprint density at radius 3 is 1.76 bits per heavy atom. The van der Waals surface area contributed by atoms with Gasteiger partial charge in [-0.25, -0.2) is 9.59 Å². The zero-order chi connectivity index (χ0) is 14.1. The predicted octanol–water partition coefficient (Wildman–Crippen LogP) is 1.54. The molecule has 4 nitrogen and oxygen atoms in total. The molecule has 0 aliphatic rings. The number of alkyl halides is 6. The molecule has 100 valence electrons. The monoisotopic (exact) mass is 268 g/mol. The highest BCUT2D eigenvalue weighted by molar-refractivity contribution is 5.83. The van der Waals surface area contributed by atoms with Crippen LogP contribution in [0.3, 0.4) is 0 Å². The van der Waals surface area contributed by atoms with Crippen molar-refractivity contribution in [3.8, 4) is 0 Å². The number of esters is 1. The Bertz CT molecular complexity index is 326. The van der Waals surface area contributed by atoms with Crippen LogP contribution in [0.25, 0.3) is 0 Å². The molecule has 0 radical (unpaired) electrons. The molecule has 0 aliphatic carbocycles. The van der Waals surface area contributed by atoms with Crippen molar-refractivity contribution in [2.75, 3.05) is 6.61 Å². The molecule has 0 aromatic carbocycles. The van der Waals surface area contributed by atoms with Crippen LogP contribution in [0.15, 0.2) is 0 Å². The fourth-order valence-electron chi connectivity index (χ4n) is 0.681. The van der Waals surface area contributed by atoms with Crippen molar-refractivity contribution in [3.63, 3.8) is 0 Å². The number of ether oxygens (including phenoxy) is 1. The van der Waals surface area contributed by atoms with E-state index in [0.29, 0.717) is 0 Å². The molecule has 0 aromatic heterocycles. The van der Waals surface area contributed by atoms with E-state index in [2.05, 4.69) is 4.74 Å². The van der Waals surface area contributed by atoms with Crippen molar-refractivity contribution in [1.82, 2.24) is 0 Å². The standard InChI is InChI=1S/C7H6F6O4/c1-2-17-4(16)6(10,11)7(12,13)5(8,9)3(14)15/h2H2,1H3,(H,14,15). The van der Waals surface area contributed by atoms with Gasteiger partial charge in [-0.3, -0.25) is 0 Å². The molecule has 1 N–H and O–H groups in total. The first kappa shape index (κ1) is 15.5. The molecule has 0 aromatic rings. The zero-order valence-electron chi connectivity index (χ0n) is 8.15. The van der Waals surface area contributed by atoms with E-state index in [1.165, 1.54) is 0 Å². The highest BCUT2D eigenvalue weighted by atomic mass is 19.3. The number of carboxylic acid groups (broad SMARTS) is 1. The molecular weight excluding hydrogens is 262 g/mol. The molecule has 10 heteroatoms. The SMILES string of the molecule is CCOC(=O)C(F)(F)C(F)(F)C(F)(F)C(=O)O. The van der Waals surface area contributed by atoms with Crippen molar-refractivity contribution in [2.45, 2.75) is 24.7 Å². The van der Waals surface area contributed by atoms with E-state index in [-0.39, 0.29) is 0 Å². The first-order chi connectivity index (χ1) is 7.42. The molecule has 0 bridgehead atoms. The van der Waals surface area contributed by atoms with Crippen LogP contribution in [0.4, 0.5) is 26.3 Å². The largest absolute Gasteiger partial charge is 0.477 e. The molecule has 0 saturated carbocycles. The zero-order valence-corrected chi connectivity index (χ0v) is 8.15. The van der Waals surface area contributed by atoms with Crippen molar-refractivity contribution >= 4 is 11.9 Å². The lowest BCUT2D eigenvalue weighted by Gasteiger charge is -2.28. The number of carboxylic acids is 1. The van der Waals surface area contributed by atoms with Gasteiger partial charge in [0, 0.05) is 0 Å². The minimum absolute atomic E-state index is 0.761. The summed E-state index contributed by atoms with van der Waals surface area (Å²) in [5, 5.41) is 7.74. The Kier molecular flexibility index (Phi) is 4.03. The lowest BCUT2D eigenvalue weighted by Crippen LogP contribution is -2.61. The van der Waals surface area contributed by atoms with E-state index in [1.54, 1.807) is 0 Å². The van der Waals surface area contributed by atoms with Gasteiger partial charge in [-0.1, -0.05) is 0 Å². The van der Waals surface area contributed by atoms with Crippen LogP contribution in [-0.4, -0.2) is 41.4 Å². The first-order valence-electron chi connectivity index (χ1n) is 3.97. The second kappa shape index (κ2) is 4.41. The number of carbonyl (C=O) groups excluding carboxylic acids is 1. The average molecular weight is 268 g/mol. The quantitative estimate of drug-likeness (QED) is 0.606. The minimum Gasteiger partial charge on any atom is -0.477 e. The van der Waals surface area contributed by atoms with E-state index in [4.69, 9.17) is 5.11 Å². The molecule has 0 spiro atoms. The number of aliphatic carboxylic acids is 1. The molecule has 17 heavy (non-hydrogen) atoms. The molecule has 0 saturated heterocycles. The molecular formula is C7H6F6O4. The van der Waals surface area contributed by atoms with E-state index >= 15 is 0 Å². The summed E-state index contributed by atoms with van der Waals surface area (Å²) in [6.45, 7) is 0.213. The van der Waals surface area contributed by atoms with Gasteiger partial charge in [0.15, 0.2) is 0 Å². The Hall–Kier alpha value is -1.48. The third kappa shape index (κ3) is 2.29. The Labute approximate surface area is 90.2 Å². The molecule has 0 aliphatic heterocycles. The Balaban J connectivity index is 5.44. The second-order valence-electron chi connectivity index (χ2n) is 2.75. The average Bonchev–Trinajstić information content (AvgIpc) is 2.17. The highest BCUT2D eigenvalue weighted by Crippen LogP contribution is 2.46. The number of rotatable bonds is 5. The van der Waals surface area contributed by atoms with Crippen molar-refractivity contribution < 1.29 is 45.8 Å². The van der Waals surface area contributed by atoms with Crippen molar-refractivity contribution in [3.05, 3.63) is 0 Å². The maximum Gasteiger partial charge on any atom is 0.411 e. The minimum atomic E-state index is -6.40. The van der Waals surface area contributed by atoms with Crippen LogP contribution in [-0.2, 0) is 14.3 Å². The van der Waals surface area contributed by atoms with Crippen molar-refractivity contribution in [2.24, 2.45) is 0 Å². The fourth-order valence-corrected chi connectivity index (χ4v) is 0.681.